The fraction of sp³-hybridized carbons (Fsp3) is 0.579. The van der Waals surface area contributed by atoms with Gasteiger partial charge in [-0.3, -0.25) is 14.6 Å². The van der Waals surface area contributed by atoms with E-state index in [9.17, 15) is 0 Å². The lowest BCUT2D eigenvalue weighted by molar-refractivity contribution is 0.240. The number of pyridine rings is 1. The molecular formula is C19H28N4O. The summed E-state index contributed by atoms with van der Waals surface area (Å²) in [5, 5.41) is 4.56. The Labute approximate surface area is 144 Å². The van der Waals surface area contributed by atoms with Gasteiger partial charge in [-0.05, 0) is 40.5 Å². The molecule has 3 rings (SSSR count). The average Bonchev–Trinajstić information content (AvgIpc) is 3.34. The van der Waals surface area contributed by atoms with Gasteiger partial charge in [-0.25, -0.2) is 0 Å². The highest BCUT2D eigenvalue weighted by molar-refractivity contribution is 5.41. The molecule has 0 N–H and O–H groups in total. The minimum Gasteiger partial charge on any atom is -0.496 e. The van der Waals surface area contributed by atoms with E-state index in [1.807, 2.05) is 24.9 Å². The van der Waals surface area contributed by atoms with Crippen molar-refractivity contribution in [3.8, 4) is 5.75 Å². The average molecular weight is 328 g/mol. The Kier molecular flexibility index (Phi) is 4.63. The first-order chi connectivity index (χ1) is 11.4. The van der Waals surface area contributed by atoms with Crippen molar-refractivity contribution in [3.63, 3.8) is 0 Å². The molecule has 1 fully saturated rings. The first kappa shape index (κ1) is 17.0. The van der Waals surface area contributed by atoms with E-state index < -0.39 is 0 Å². The number of ether oxygens (including phenoxy) is 1. The van der Waals surface area contributed by atoms with Gasteiger partial charge in [0.05, 0.1) is 18.5 Å². The molecule has 24 heavy (non-hydrogen) atoms. The van der Waals surface area contributed by atoms with Crippen LogP contribution in [0.5, 0.6) is 5.75 Å². The van der Waals surface area contributed by atoms with Gasteiger partial charge in [0.1, 0.15) is 5.75 Å². The third kappa shape index (κ3) is 3.18. The molecule has 0 bridgehead atoms. The predicted molar refractivity (Wildman–Crippen MR) is 95.2 cm³/mol. The lowest BCUT2D eigenvalue weighted by Gasteiger charge is -2.23. The molecule has 0 aromatic carbocycles. The SMILES string of the molecule is COc1c(C)cnc(CN(Cc2c(C)nn(C)c2C)C2CC2)c1C. The van der Waals surface area contributed by atoms with Crippen LogP contribution in [0.3, 0.4) is 0 Å². The number of methoxy groups -OCH3 is 1. The summed E-state index contributed by atoms with van der Waals surface area (Å²) in [4.78, 5) is 7.23. The van der Waals surface area contributed by atoms with Crippen molar-refractivity contribution in [3.05, 3.63) is 40.0 Å². The monoisotopic (exact) mass is 328 g/mol. The standard InChI is InChI=1S/C19H28N4O/c1-12-9-20-18(13(2)19(12)24-6)11-23(16-7-8-16)10-17-14(3)21-22(5)15(17)4/h9,16H,7-8,10-11H2,1-6H3. The first-order valence-corrected chi connectivity index (χ1v) is 8.64. The van der Waals surface area contributed by atoms with Gasteiger partial charge in [-0.1, -0.05) is 0 Å². The molecule has 0 amide bonds. The van der Waals surface area contributed by atoms with Crippen LogP contribution in [0.4, 0.5) is 0 Å². The maximum absolute atomic E-state index is 5.56. The van der Waals surface area contributed by atoms with Crippen LogP contribution in [0.25, 0.3) is 0 Å². The Bertz CT molecular complexity index is 746. The minimum atomic E-state index is 0.664. The zero-order chi connectivity index (χ0) is 17.4. The Morgan fingerprint density at radius 2 is 1.92 bits per heavy atom. The Morgan fingerprint density at radius 3 is 2.46 bits per heavy atom. The molecule has 1 aliphatic rings. The molecule has 5 heteroatoms. The van der Waals surface area contributed by atoms with Gasteiger partial charge in [0.2, 0.25) is 0 Å². The van der Waals surface area contributed by atoms with Crippen molar-refractivity contribution in [1.29, 1.82) is 0 Å². The van der Waals surface area contributed by atoms with Crippen molar-refractivity contribution in [2.75, 3.05) is 7.11 Å². The van der Waals surface area contributed by atoms with Gasteiger partial charge in [0.15, 0.2) is 0 Å². The van der Waals surface area contributed by atoms with Crippen LogP contribution in [-0.2, 0) is 20.1 Å². The van der Waals surface area contributed by atoms with Crippen LogP contribution in [0.15, 0.2) is 6.20 Å². The molecule has 0 atom stereocenters. The number of aryl methyl sites for hydroxylation is 3. The third-order valence-corrected chi connectivity index (χ3v) is 5.19. The maximum atomic E-state index is 5.56. The topological polar surface area (TPSA) is 43.2 Å². The molecule has 2 aromatic heterocycles. The summed E-state index contributed by atoms with van der Waals surface area (Å²) < 4.78 is 7.54. The highest BCUT2D eigenvalue weighted by Gasteiger charge is 2.31. The van der Waals surface area contributed by atoms with Gasteiger partial charge >= 0.3 is 0 Å². The Balaban J connectivity index is 1.85. The van der Waals surface area contributed by atoms with Crippen LogP contribution >= 0.6 is 0 Å². The van der Waals surface area contributed by atoms with Crippen LogP contribution in [0, 0.1) is 27.7 Å². The van der Waals surface area contributed by atoms with Gasteiger partial charge in [0.25, 0.3) is 0 Å². The first-order valence-electron chi connectivity index (χ1n) is 8.64. The van der Waals surface area contributed by atoms with E-state index in [0.717, 1.165) is 41.4 Å². The van der Waals surface area contributed by atoms with E-state index in [4.69, 9.17) is 4.74 Å². The third-order valence-electron chi connectivity index (χ3n) is 5.19. The molecule has 0 saturated heterocycles. The quantitative estimate of drug-likeness (QED) is 0.816. The largest absolute Gasteiger partial charge is 0.496 e. The summed E-state index contributed by atoms with van der Waals surface area (Å²) in [7, 11) is 3.75. The molecule has 2 aromatic rings. The van der Waals surface area contributed by atoms with E-state index in [2.05, 4.69) is 35.8 Å². The van der Waals surface area contributed by atoms with Crippen molar-refractivity contribution in [2.45, 2.75) is 59.7 Å². The lowest BCUT2D eigenvalue weighted by Crippen LogP contribution is -2.26. The summed E-state index contributed by atoms with van der Waals surface area (Å²) >= 11 is 0. The molecule has 0 spiro atoms. The molecule has 0 aliphatic heterocycles. The van der Waals surface area contributed by atoms with Gasteiger partial charge in [-0.2, -0.15) is 5.10 Å². The van der Waals surface area contributed by atoms with Gasteiger partial charge in [0, 0.05) is 54.8 Å². The normalized spacial score (nSPS) is 14.5. The van der Waals surface area contributed by atoms with E-state index in [1.165, 1.54) is 24.1 Å². The number of aromatic nitrogens is 3. The van der Waals surface area contributed by atoms with Gasteiger partial charge < -0.3 is 4.74 Å². The number of hydrogen-bond acceptors (Lipinski definition) is 4. The molecule has 2 heterocycles. The minimum absolute atomic E-state index is 0.664. The summed E-state index contributed by atoms with van der Waals surface area (Å²) in [6, 6.07) is 0.664. The van der Waals surface area contributed by atoms with E-state index in [-0.39, 0.29) is 0 Å². The summed E-state index contributed by atoms with van der Waals surface area (Å²) in [6.07, 6.45) is 4.48. The molecule has 1 aliphatic carbocycles. The van der Waals surface area contributed by atoms with Crippen molar-refractivity contribution >= 4 is 0 Å². The molecule has 130 valence electrons. The van der Waals surface area contributed by atoms with Crippen molar-refractivity contribution in [1.82, 2.24) is 19.7 Å². The lowest BCUT2D eigenvalue weighted by atomic mass is 10.1. The van der Waals surface area contributed by atoms with E-state index in [1.54, 1.807) is 7.11 Å². The number of hydrogen-bond donors (Lipinski definition) is 0. The number of rotatable bonds is 6. The van der Waals surface area contributed by atoms with E-state index in [0.29, 0.717) is 6.04 Å². The molecule has 0 unspecified atom stereocenters. The Hall–Kier alpha value is -1.88. The smallest absolute Gasteiger partial charge is 0.128 e. The predicted octanol–water partition coefficient (Wildman–Crippen LogP) is 3.22. The zero-order valence-electron chi connectivity index (χ0n) is 15.7. The second-order valence-corrected chi connectivity index (χ2v) is 6.96. The van der Waals surface area contributed by atoms with Crippen LogP contribution in [0.2, 0.25) is 0 Å². The highest BCUT2D eigenvalue weighted by atomic mass is 16.5. The maximum Gasteiger partial charge on any atom is 0.128 e. The molecule has 5 nitrogen and oxygen atoms in total. The molecule has 1 saturated carbocycles. The second kappa shape index (κ2) is 6.55. The van der Waals surface area contributed by atoms with Crippen LogP contribution in [0.1, 0.15) is 46.6 Å². The summed E-state index contributed by atoms with van der Waals surface area (Å²) in [5.41, 5.74) is 7.10. The second-order valence-electron chi connectivity index (χ2n) is 6.96. The molecular weight excluding hydrogens is 300 g/mol. The fourth-order valence-corrected chi connectivity index (χ4v) is 3.43. The fourth-order valence-electron chi connectivity index (χ4n) is 3.43. The zero-order valence-corrected chi connectivity index (χ0v) is 15.7. The summed E-state index contributed by atoms with van der Waals surface area (Å²) in [6.45, 7) is 10.2. The summed E-state index contributed by atoms with van der Waals surface area (Å²) in [5.74, 6) is 0.962. The highest BCUT2D eigenvalue weighted by Crippen LogP contribution is 2.32. The Morgan fingerprint density at radius 1 is 1.21 bits per heavy atom. The van der Waals surface area contributed by atoms with Crippen LogP contribution < -0.4 is 4.74 Å². The van der Waals surface area contributed by atoms with E-state index >= 15 is 0 Å². The van der Waals surface area contributed by atoms with Crippen molar-refractivity contribution in [2.24, 2.45) is 7.05 Å². The molecule has 0 radical (unpaired) electrons. The van der Waals surface area contributed by atoms with Gasteiger partial charge in [-0.15, -0.1) is 0 Å². The van der Waals surface area contributed by atoms with Crippen molar-refractivity contribution < 1.29 is 4.74 Å². The van der Waals surface area contributed by atoms with Crippen LogP contribution in [-0.4, -0.2) is 32.8 Å². The number of nitrogens with zero attached hydrogens (tertiary/aromatic N) is 4.